The Hall–Kier alpha value is -1.16. The molecule has 1 N–H and O–H groups in total. The molecule has 0 aliphatic heterocycles. The van der Waals surface area contributed by atoms with E-state index >= 15 is 0 Å². The molecule has 0 spiro atoms. The summed E-state index contributed by atoms with van der Waals surface area (Å²) in [6.45, 7) is 3.88. The van der Waals surface area contributed by atoms with Gasteiger partial charge in [-0.2, -0.15) is 0 Å². The fourth-order valence-electron chi connectivity index (χ4n) is 2.19. The van der Waals surface area contributed by atoms with Crippen molar-refractivity contribution in [1.29, 1.82) is 0 Å². The van der Waals surface area contributed by atoms with Crippen LogP contribution in [0.25, 0.3) is 0 Å². The zero-order chi connectivity index (χ0) is 15.7. The van der Waals surface area contributed by atoms with Gasteiger partial charge in [-0.15, -0.1) is 0 Å². The molecule has 2 atom stereocenters. The molecule has 0 aliphatic carbocycles. The van der Waals surface area contributed by atoms with Crippen molar-refractivity contribution in [1.82, 2.24) is 0 Å². The Morgan fingerprint density at radius 1 is 1.24 bits per heavy atom. The first-order valence-electron chi connectivity index (χ1n) is 7.12. The van der Waals surface area contributed by atoms with Crippen LogP contribution in [0.15, 0.2) is 30.3 Å². The Balaban J connectivity index is 2.74. The van der Waals surface area contributed by atoms with E-state index in [1.54, 1.807) is 13.8 Å². The van der Waals surface area contributed by atoms with E-state index in [-0.39, 0.29) is 31.1 Å². The van der Waals surface area contributed by atoms with Crippen LogP contribution in [0.1, 0.15) is 25.8 Å². The van der Waals surface area contributed by atoms with E-state index in [1.165, 1.54) is 0 Å². The van der Waals surface area contributed by atoms with Crippen molar-refractivity contribution >= 4 is 13.6 Å². The van der Waals surface area contributed by atoms with E-state index in [4.69, 9.17) is 9.26 Å². The van der Waals surface area contributed by atoms with Gasteiger partial charge >= 0.3 is 13.6 Å². The molecule has 0 radical (unpaired) electrons. The van der Waals surface area contributed by atoms with Crippen LogP contribution >= 0.6 is 7.60 Å². The quantitative estimate of drug-likeness (QED) is 0.560. The highest BCUT2D eigenvalue weighted by molar-refractivity contribution is 7.52. The Bertz CT molecular complexity index is 474. The summed E-state index contributed by atoms with van der Waals surface area (Å²) in [5.74, 6) is -0.635. The molecule has 0 saturated heterocycles. The van der Waals surface area contributed by atoms with Crippen molar-refractivity contribution in [2.75, 3.05) is 19.4 Å². The topological polar surface area (TPSA) is 72.8 Å². The zero-order valence-electron chi connectivity index (χ0n) is 12.5. The number of benzene rings is 1. The largest absolute Gasteiger partial charge is 0.466 e. The van der Waals surface area contributed by atoms with Crippen LogP contribution in [0.4, 0.5) is 0 Å². The predicted molar refractivity (Wildman–Crippen MR) is 81.2 cm³/mol. The molecule has 6 heteroatoms. The van der Waals surface area contributed by atoms with Gasteiger partial charge in [0.25, 0.3) is 0 Å². The minimum atomic E-state index is -3.67. The molecule has 118 valence electrons. The summed E-state index contributed by atoms with van der Waals surface area (Å²) in [5, 5.41) is 0. The van der Waals surface area contributed by atoms with E-state index < -0.39 is 7.60 Å². The third-order valence-electron chi connectivity index (χ3n) is 2.95. The lowest BCUT2D eigenvalue weighted by atomic mass is 9.98. The Labute approximate surface area is 125 Å². The average molecular weight is 314 g/mol. The maximum absolute atomic E-state index is 11.9. The van der Waals surface area contributed by atoms with Gasteiger partial charge in [0.05, 0.1) is 19.4 Å². The summed E-state index contributed by atoms with van der Waals surface area (Å²) in [5.41, 5.74) is 1.02. The number of hydrogen-bond acceptors (Lipinski definition) is 4. The molecule has 0 aliphatic rings. The zero-order valence-corrected chi connectivity index (χ0v) is 13.4. The van der Waals surface area contributed by atoms with Gasteiger partial charge in [0.15, 0.2) is 0 Å². The summed E-state index contributed by atoms with van der Waals surface area (Å²) in [4.78, 5) is 21.4. The van der Waals surface area contributed by atoms with Crippen molar-refractivity contribution in [3.05, 3.63) is 35.9 Å². The Morgan fingerprint density at radius 3 is 2.48 bits per heavy atom. The molecule has 0 heterocycles. The monoisotopic (exact) mass is 314 g/mol. The van der Waals surface area contributed by atoms with Crippen molar-refractivity contribution in [3.63, 3.8) is 0 Å². The fraction of sp³-hybridized carbons (Fsp3) is 0.533. The van der Waals surface area contributed by atoms with Crippen molar-refractivity contribution in [3.8, 4) is 0 Å². The van der Waals surface area contributed by atoms with E-state index in [2.05, 4.69) is 0 Å². The molecule has 0 saturated carbocycles. The van der Waals surface area contributed by atoms with E-state index in [0.717, 1.165) is 5.56 Å². The maximum Gasteiger partial charge on any atom is 0.328 e. The van der Waals surface area contributed by atoms with Gasteiger partial charge in [0.2, 0.25) is 0 Å². The second-order valence-electron chi connectivity index (χ2n) is 4.80. The minimum absolute atomic E-state index is 0.0471. The number of carbonyl (C=O) groups excluding carboxylic acids is 1. The smallest absolute Gasteiger partial charge is 0.328 e. The third-order valence-corrected chi connectivity index (χ3v) is 4.59. The van der Waals surface area contributed by atoms with Gasteiger partial charge in [-0.25, -0.2) is 0 Å². The molecule has 2 unspecified atom stereocenters. The maximum atomic E-state index is 11.9. The molecule has 0 aromatic heterocycles. The molecule has 1 rings (SSSR count). The van der Waals surface area contributed by atoms with Gasteiger partial charge in [-0.1, -0.05) is 30.3 Å². The highest BCUT2D eigenvalue weighted by Gasteiger charge is 2.27. The van der Waals surface area contributed by atoms with Crippen LogP contribution in [-0.4, -0.2) is 30.2 Å². The summed E-state index contributed by atoms with van der Waals surface area (Å²) in [7, 11) is -3.67. The summed E-state index contributed by atoms with van der Waals surface area (Å²) in [6, 6.07) is 9.57. The second kappa shape index (κ2) is 8.98. The lowest BCUT2D eigenvalue weighted by molar-refractivity contribution is -0.144. The van der Waals surface area contributed by atoms with Crippen molar-refractivity contribution in [2.24, 2.45) is 5.92 Å². The van der Waals surface area contributed by atoms with Crippen LogP contribution in [0.2, 0.25) is 0 Å². The van der Waals surface area contributed by atoms with Crippen LogP contribution in [-0.2, 0) is 25.0 Å². The normalized spacial score (nSPS) is 15.2. The van der Waals surface area contributed by atoms with Crippen molar-refractivity contribution in [2.45, 2.75) is 26.7 Å². The predicted octanol–water partition coefficient (Wildman–Crippen LogP) is 3.02. The fourth-order valence-corrected chi connectivity index (χ4v) is 3.60. The lowest BCUT2D eigenvalue weighted by Gasteiger charge is -2.19. The first-order chi connectivity index (χ1) is 9.96. The molecule has 5 nitrogen and oxygen atoms in total. The lowest BCUT2D eigenvalue weighted by Crippen LogP contribution is -2.18. The van der Waals surface area contributed by atoms with Gasteiger partial charge in [-0.3, -0.25) is 9.36 Å². The van der Waals surface area contributed by atoms with Gasteiger partial charge in [-0.05, 0) is 31.7 Å². The molecule has 1 aromatic rings. The van der Waals surface area contributed by atoms with Gasteiger partial charge in [0, 0.05) is 6.42 Å². The Morgan fingerprint density at radius 2 is 1.90 bits per heavy atom. The molecule has 0 amide bonds. The summed E-state index contributed by atoms with van der Waals surface area (Å²) < 4.78 is 21.8. The van der Waals surface area contributed by atoms with Gasteiger partial charge in [0.1, 0.15) is 0 Å². The van der Waals surface area contributed by atoms with E-state index in [0.29, 0.717) is 13.0 Å². The standard InChI is InChI=1S/C15H23O5P/c1-3-19-15(16)11-14(12-21(17,18)20-4-2)10-13-8-6-5-7-9-13/h5-9,14H,3-4,10-12H2,1-2H3,(H,17,18). The highest BCUT2D eigenvalue weighted by atomic mass is 31.2. The number of carbonyl (C=O) groups is 1. The average Bonchev–Trinajstić information content (AvgIpc) is 2.39. The second-order valence-corrected chi connectivity index (χ2v) is 6.70. The number of rotatable bonds is 9. The molecule has 0 fully saturated rings. The van der Waals surface area contributed by atoms with E-state index in [1.807, 2.05) is 30.3 Å². The highest BCUT2D eigenvalue weighted by Crippen LogP contribution is 2.44. The molecular formula is C15H23O5P. The molecular weight excluding hydrogens is 291 g/mol. The number of ether oxygens (including phenoxy) is 1. The number of esters is 1. The van der Waals surface area contributed by atoms with Gasteiger partial charge < -0.3 is 14.2 Å². The summed E-state index contributed by atoms with van der Waals surface area (Å²) in [6.07, 6.45) is 0.603. The third kappa shape index (κ3) is 7.42. The van der Waals surface area contributed by atoms with Crippen LogP contribution in [0.3, 0.4) is 0 Å². The van der Waals surface area contributed by atoms with Crippen LogP contribution in [0, 0.1) is 5.92 Å². The molecule has 0 bridgehead atoms. The summed E-state index contributed by atoms with van der Waals surface area (Å²) >= 11 is 0. The Kier molecular flexibility index (Phi) is 7.65. The SMILES string of the molecule is CCOC(=O)CC(Cc1ccccc1)CP(=O)(O)OCC. The van der Waals surface area contributed by atoms with Crippen molar-refractivity contribution < 1.29 is 23.5 Å². The molecule has 21 heavy (non-hydrogen) atoms. The van der Waals surface area contributed by atoms with Crippen LogP contribution < -0.4 is 0 Å². The van der Waals surface area contributed by atoms with E-state index in [9.17, 15) is 14.3 Å². The minimum Gasteiger partial charge on any atom is -0.466 e. The van der Waals surface area contributed by atoms with Crippen LogP contribution in [0.5, 0.6) is 0 Å². The number of hydrogen-bond donors (Lipinski definition) is 1. The first-order valence-corrected chi connectivity index (χ1v) is 8.89. The molecule has 1 aromatic carbocycles. The first kappa shape index (κ1) is 17.9.